The number of rotatable bonds is 1. The Morgan fingerprint density at radius 3 is 2.43 bits per heavy atom. The zero-order chi connectivity index (χ0) is 14.3. The molecule has 4 heteroatoms. The molecule has 0 saturated carbocycles. The van der Waals surface area contributed by atoms with Gasteiger partial charge in [-0.1, -0.05) is 17.7 Å². The molecule has 0 radical (unpaired) electrons. The zero-order valence-corrected chi connectivity index (χ0v) is 13.9. The van der Waals surface area contributed by atoms with Crippen molar-refractivity contribution in [2.75, 3.05) is 26.2 Å². The number of aryl methyl sites for hydroxylation is 3. The third-order valence-electron chi connectivity index (χ3n) is 4.88. The first-order valence-electron chi connectivity index (χ1n) is 7.64. The van der Waals surface area contributed by atoms with E-state index in [-0.39, 0.29) is 18.3 Å². The summed E-state index contributed by atoms with van der Waals surface area (Å²) in [5.41, 5.74) is 4.37. The Hall–Kier alpha value is -1.06. The van der Waals surface area contributed by atoms with Crippen molar-refractivity contribution < 1.29 is 4.79 Å². The largest absolute Gasteiger partial charge is 0.338 e. The molecule has 2 aliphatic rings. The van der Waals surface area contributed by atoms with Crippen LogP contribution < -0.4 is 5.32 Å². The predicted octanol–water partition coefficient (Wildman–Crippen LogP) is 2.72. The lowest BCUT2D eigenvalue weighted by Crippen LogP contribution is -2.43. The maximum atomic E-state index is 12.8. The van der Waals surface area contributed by atoms with Crippen LogP contribution in [0.4, 0.5) is 0 Å². The fourth-order valence-corrected chi connectivity index (χ4v) is 3.89. The SMILES string of the molecule is Cc1cc(C)c(C(=O)N2CCC3CNCC3C2)c(C)c1.Cl. The van der Waals surface area contributed by atoms with Crippen molar-refractivity contribution in [2.45, 2.75) is 27.2 Å². The number of carbonyl (C=O) groups excluding carboxylic acids is 1. The minimum atomic E-state index is 0. The molecular formula is C17H25ClN2O. The highest BCUT2D eigenvalue weighted by Crippen LogP contribution is 2.28. The minimum absolute atomic E-state index is 0. The van der Waals surface area contributed by atoms with Crippen LogP contribution in [0, 0.1) is 32.6 Å². The Kier molecular flexibility index (Phi) is 4.95. The standard InChI is InChI=1S/C17H24N2O.ClH/c1-11-6-12(2)16(13(3)7-11)17(20)19-5-4-14-8-18-9-15(14)10-19;/h6-7,14-15,18H,4-5,8-10H2,1-3H3;1H. The number of hydrogen-bond acceptors (Lipinski definition) is 2. The summed E-state index contributed by atoms with van der Waals surface area (Å²) in [6, 6.07) is 4.23. The van der Waals surface area contributed by atoms with Crippen LogP contribution in [-0.2, 0) is 0 Å². The second-order valence-electron chi connectivity index (χ2n) is 6.49. The number of benzene rings is 1. The lowest BCUT2D eigenvalue weighted by atomic mass is 9.88. The number of hydrogen-bond donors (Lipinski definition) is 1. The first-order chi connectivity index (χ1) is 9.56. The quantitative estimate of drug-likeness (QED) is 0.865. The lowest BCUT2D eigenvalue weighted by Gasteiger charge is -2.35. The van der Waals surface area contributed by atoms with Gasteiger partial charge in [0.25, 0.3) is 5.91 Å². The molecule has 1 aromatic rings. The van der Waals surface area contributed by atoms with E-state index in [9.17, 15) is 4.79 Å². The Balaban J connectivity index is 0.00000161. The smallest absolute Gasteiger partial charge is 0.254 e. The Morgan fingerprint density at radius 2 is 1.76 bits per heavy atom. The van der Waals surface area contributed by atoms with Gasteiger partial charge in [0.15, 0.2) is 0 Å². The average molecular weight is 309 g/mol. The van der Waals surface area contributed by atoms with Crippen LogP contribution in [0.3, 0.4) is 0 Å². The van der Waals surface area contributed by atoms with Crippen LogP contribution >= 0.6 is 12.4 Å². The Labute approximate surface area is 133 Å². The third kappa shape index (κ3) is 3.09. The van der Waals surface area contributed by atoms with Crippen LogP contribution in [0.5, 0.6) is 0 Å². The number of fused-ring (bicyclic) bond motifs is 1. The fraction of sp³-hybridized carbons (Fsp3) is 0.588. The number of halogens is 1. The molecule has 116 valence electrons. The summed E-state index contributed by atoms with van der Waals surface area (Å²) < 4.78 is 0. The molecule has 21 heavy (non-hydrogen) atoms. The maximum Gasteiger partial charge on any atom is 0.254 e. The van der Waals surface area contributed by atoms with Crippen LogP contribution in [0.25, 0.3) is 0 Å². The molecule has 2 unspecified atom stereocenters. The van der Waals surface area contributed by atoms with Crippen LogP contribution in [0.1, 0.15) is 33.5 Å². The lowest BCUT2D eigenvalue weighted by molar-refractivity contribution is 0.0641. The summed E-state index contributed by atoms with van der Waals surface area (Å²) in [6.45, 7) is 10.2. The molecule has 2 atom stereocenters. The molecule has 3 rings (SSSR count). The predicted molar refractivity (Wildman–Crippen MR) is 88.3 cm³/mol. The van der Waals surface area contributed by atoms with Crippen molar-refractivity contribution in [3.63, 3.8) is 0 Å². The highest BCUT2D eigenvalue weighted by molar-refractivity contribution is 5.97. The van der Waals surface area contributed by atoms with Crippen molar-refractivity contribution in [3.8, 4) is 0 Å². The normalized spacial score (nSPS) is 24.4. The van der Waals surface area contributed by atoms with E-state index in [4.69, 9.17) is 0 Å². The van der Waals surface area contributed by atoms with E-state index in [0.29, 0.717) is 5.92 Å². The molecule has 1 N–H and O–H groups in total. The summed E-state index contributed by atoms with van der Waals surface area (Å²) in [6.07, 6.45) is 1.15. The second kappa shape index (κ2) is 6.37. The molecule has 0 bridgehead atoms. The van der Waals surface area contributed by atoms with Crippen molar-refractivity contribution in [1.82, 2.24) is 10.2 Å². The monoisotopic (exact) mass is 308 g/mol. The van der Waals surface area contributed by atoms with E-state index >= 15 is 0 Å². The van der Waals surface area contributed by atoms with Gasteiger partial charge in [-0.3, -0.25) is 4.79 Å². The van der Waals surface area contributed by atoms with Crippen molar-refractivity contribution in [1.29, 1.82) is 0 Å². The first-order valence-corrected chi connectivity index (χ1v) is 7.64. The van der Waals surface area contributed by atoms with Gasteiger partial charge in [0.2, 0.25) is 0 Å². The summed E-state index contributed by atoms with van der Waals surface area (Å²) in [5.74, 6) is 1.66. The van der Waals surface area contributed by atoms with E-state index in [1.165, 1.54) is 5.56 Å². The summed E-state index contributed by atoms with van der Waals surface area (Å²) >= 11 is 0. The topological polar surface area (TPSA) is 32.3 Å². The Bertz CT molecular complexity index is 521. The highest BCUT2D eigenvalue weighted by Gasteiger charge is 2.35. The molecule has 3 nitrogen and oxygen atoms in total. The molecule has 1 amide bonds. The summed E-state index contributed by atoms with van der Waals surface area (Å²) in [7, 11) is 0. The molecule has 2 aliphatic heterocycles. The van der Waals surface area contributed by atoms with Crippen LogP contribution in [0.15, 0.2) is 12.1 Å². The van der Waals surface area contributed by atoms with Crippen molar-refractivity contribution in [2.24, 2.45) is 11.8 Å². The number of likely N-dealkylation sites (tertiary alicyclic amines) is 1. The van der Waals surface area contributed by atoms with Gasteiger partial charge < -0.3 is 10.2 Å². The average Bonchev–Trinajstić information content (AvgIpc) is 2.84. The molecule has 2 saturated heterocycles. The van der Waals surface area contributed by atoms with E-state index < -0.39 is 0 Å². The third-order valence-corrected chi connectivity index (χ3v) is 4.88. The molecule has 0 aromatic heterocycles. The molecule has 0 spiro atoms. The van der Waals surface area contributed by atoms with Gasteiger partial charge in [-0.25, -0.2) is 0 Å². The van der Waals surface area contributed by atoms with Crippen molar-refractivity contribution >= 4 is 18.3 Å². The molecule has 0 aliphatic carbocycles. The van der Waals surface area contributed by atoms with Gasteiger partial charge in [-0.05, 0) is 63.2 Å². The van der Waals surface area contributed by atoms with E-state index in [0.717, 1.165) is 55.2 Å². The minimum Gasteiger partial charge on any atom is -0.338 e. The van der Waals surface area contributed by atoms with Gasteiger partial charge in [-0.15, -0.1) is 12.4 Å². The van der Waals surface area contributed by atoms with Crippen LogP contribution in [0.2, 0.25) is 0 Å². The van der Waals surface area contributed by atoms with Gasteiger partial charge >= 0.3 is 0 Å². The zero-order valence-electron chi connectivity index (χ0n) is 13.1. The van der Waals surface area contributed by atoms with Gasteiger partial charge in [0.05, 0.1) is 0 Å². The highest BCUT2D eigenvalue weighted by atomic mass is 35.5. The number of piperidine rings is 1. The van der Waals surface area contributed by atoms with Gasteiger partial charge in [0, 0.05) is 18.7 Å². The summed E-state index contributed by atoms with van der Waals surface area (Å²) in [4.78, 5) is 14.9. The van der Waals surface area contributed by atoms with Crippen molar-refractivity contribution in [3.05, 3.63) is 34.4 Å². The molecule has 2 heterocycles. The van der Waals surface area contributed by atoms with E-state index in [1.54, 1.807) is 0 Å². The number of amides is 1. The maximum absolute atomic E-state index is 12.8. The fourth-order valence-electron chi connectivity index (χ4n) is 3.89. The number of nitrogens with one attached hydrogen (secondary N) is 1. The summed E-state index contributed by atoms with van der Waals surface area (Å²) in [5, 5.41) is 3.46. The molecular weight excluding hydrogens is 284 g/mol. The number of carbonyl (C=O) groups is 1. The number of nitrogens with zero attached hydrogens (tertiary/aromatic N) is 1. The van der Waals surface area contributed by atoms with Crippen LogP contribution in [-0.4, -0.2) is 37.0 Å². The molecule has 2 fully saturated rings. The van der Waals surface area contributed by atoms with Gasteiger partial charge in [-0.2, -0.15) is 0 Å². The first kappa shape index (κ1) is 16.3. The van der Waals surface area contributed by atoms with E-state index in [2.05, 4.69) is 43.1 Å². The molecule has 1 aromatic carbocycles. The Morgan fingerprint density at radius 1 is 1.14 bits per heavy atom. The van der Waals surface area contributed by atoms with Gasteiger partial charge in [0.1, 0.15) is 0 Å². The second-order valence-corrected chi connectivity index (χ2v) is 6.49. The van der Waals surface area contributed by atoms with E-state index in [1.807, 2.05) is 0 Å².